The lowest BCUT2D eigenvalue weighted by atomic mass is 10.2. The standard InChI is InChI=1S/C16H19N5O2.C15H17N5O2.C12H16N2O/c1-10-11(9-21-17-6-14(19-21)16(22)23-2)3-4-15(18-10)20-7-12-5-13(12)8-20;1-9-10(8-20-16-5-13(18-20)15(21)22)2-3-14(17-9)19-6-11-4-12(11)7-19;1-8-9(7-15)2-3-12(13-8)14-5-10-4-11(10)6-14/h3-4,6,12-13H,5,7-9H2,1-2H3;2-3,5,11-12H,4,6-8H2,1H3,(H,21,22);2-3,10-11,15H,4-7H2,1H3. The van der Waals surface area contributed by atoms with E-state index in [1.54, 1.807) is 0 Å². The molecule has 6 atom stereocenters. The maximum atomic E-state index is 11.4. The number of carbonyl (C=O) groups excluding carboxylic acids is 1. The smallest absolute Gasteiger partial charge is 0.360 e. The Morgan fingerprint density at radius 2 is 0.967 bits per heavy atom. The Morgan fingerprint density at radius 3 is 1.30 bits per heavy atom. The van der Waals surface area contributed by atoms with Crippen molar-refractivity contribution in [3.05, 3.63) is 94.0 Å². The highest BCUT2D eigenvalue weighted by atomic mass is 16.5. The van der Waals surface area contributed by atoms with Crippen molar-refractivity contribution in [2.24, 2.45) is 35.5 Å². The number of methoxy groups -OCH3 is 1. The van der Waals surface area contributed by atoms with Gasteiger partial charge < -0.3 is 29.6 Å². The normalized spacial score (nSPS) is 23.8. The number of pyridine rings is 3. The number of aliphatic hydroxyl groups is 1. The van der Waals surface area contributed by atoms with Gasteiger partial charge in [0.1, 0.15) is 17.5 Å². The number of rotatable bonds is 10. The van der Waals surface area contributed by atoms with Crippen LogP contribution in [0, 0.1) is 56.3 Å². The molecule has 0 bridgehead atoms. The minimum atomic E-state index is -1.07. The quantitative estimate of drug-likeness (QED) is 0.193. The summed E-state index contributed by atoms with van der Waals surface area (Å²) in [5.41, 5.74) is 6.02. The van der Waals surface area contributed by atoms with Gasteiger partial charge in [-0.25, -0.2) is 24.5 Å². The molecule has 3 saturated carbocycles. The van der Waals surface area contributed by atoms with E-state index in [0.29, 0.717) is 13.1 Å². The number of aromatic carboxylic acids is 1. The van der Waals surface area contributed by atoms with E-state index in [2.05, 4.69) is 61.9 Å². The number of piperidine rings is 3. The van der Waals surface area contributed by atoms with E-state index < -0.39 is 11.9 Å². The summed E-state index contributed by atoms with van der Waals surface area (Å²) in [6.45, 7) is 13.8. The molecule has 6 fully saturated rings. The molecule has 60 heavy (non-hydrogen) atoms. The van der Waals surface area contributed by atoms with Crippen LogP contribution in [0.15, 0.2) is 48.8 Å². The molecule has 17 nitrogen and oxygen atoms in total. The van der Waals surface area contributed by atoms with Crippen LogP contribution >= 0.6 is 0 Å². The van der Waals surface area contributed by atoms with Crippen LogP contribution in [-0.2, 0) is 24.4 Å². The zero-order valence-corrected chi connectivity index (χ0v) is 34.6. The second kappa shape index (κ2) is 16.2. The highest BCUT2D eigenvalue weighted by Gasteiger charge is 2.47. The lowest BCUT2D eigenvalue weighted by Crippen LogP contribution is -2.23. The predicted molar refractivity (Wildman–Crippen MR) is 221 cm³/mol. The maximum Gasteiger partial charge on any atom is 0.360 e. The first-order chi connectivity index (χ1) is 29.0. The number of carboxylic acids is 1. The SMILES string of the molecule is COC(=O)c1cnn(Cc2ccc(N3CC4CC4C3)nc2C)n1.Cc1nc(N2CC3CC3C2)ccc1CO.Cc1nc(N2CC3CC3C2)ccc1Cn1ncc(C(=O)O)n1. The van der Waals surface area contributed by atoms with Crippen molar-refractivity contribution in [1.29, 1.82) is 0 Å². The summed E-state index contributed by atoms with van der Waals surface area (Å²) >= 11 is 0. The first-order valence-electron chi connectivity index (χ1n) is 20.9. The van der Waals surface area contributed by atoms with Crippen molar-refractivity contribution in [2.45, 2.75) is 59.7 Å². The third-order valence-electron chi connectivity index (χ3n) is 12.9. The fourth-order valence-electron chi connectivity index (χ4n) is 8.86. The number of carbonyl (C=O) groups is 2. The zero-order valence-electron chi connectivity index (χ0n) is 34.6. The largest absolute Gasteiger partial charge is 0.476 e. The number of aryl methyl sites for hydroxylation is 3. The number of nitrogens with zero attached hydrogens (tertiary/aromatic N) is 12. The molecule has 11 rings (SSSR count). The van der Waals surface area contributed by atoms with Gasteiger partial charge in [-0.3, -0.25) is 0 Å². The molecular weight excluding hydrogens is 765 g/mol. The Morgan fingerprint density at radius 1 is 0.600 bits per heavy atom. The molecule has 6 aliphatic rings. The summed E-state index contributed by atoms with van der Waals surface area (Å²) in [4.78, 5) is 46.2. The lowest BCUT2D eigenvalue weighted by molar-refractivity contribution is 0.0592. The Bertz CT molecular complexity index is 2370. The van der Waals surface area contributed by atoms with Gasteiger partial charge in [0, 0.05) is 56.4 Å². The molecule has 5 aromatic heterocycles. The molecule has 0 radical (unpaired) electrons. The van der Waals surface area contributed by atoms with Crippen molar-refractivity contribution >= 4 is 29.4 Å². The Balaban J connectivity index is 0.000000118. The third-order valence-corrected chi connectivity index (χ3v) is 12.9. The first-order valence-corrected chi connectivity index (χ1v) is 20.9. The molecule has 17 heteroatoms. The van der Waals surface area contributed by atoms with Gasteiger partial charge in [-0.15, -0.1) is 10.2 Å². The van der Waals surface area contributed by atoms with Crippen LogP contribution < -0.4 is 14.7 Å². The van der Waals surface area contributed by atoms with Gasteiger partial charge in [0.2, 0.25) is 0 Å². The molecule has 2 N–H and O–H groups in total. The summed E-state index contributed by atoms with van der Waals surface area (Å²) in [5.74, 6) is 7.04. The van der Waals surface area contributed by atoms with Gasteiger partial charge in [-0.1, -0.05) is 18.2 Å². The van der Waals surface area contributed by atoms with E-state index in [1.165, 1.54) is 61.4 Å². The highest BCUT2D eigenvalue weighted by Crippen LogP contribution is 2.47. The molecule has 314 valence electrons. The number of esters is 1. The van der Waals surface area contributed by atoms with Crippen molar-refractivity contribution < 1.29 is 24.5 Å². The zero-order chi connectivity index (χ0) is 41.7. The van der Waals surface area contributed by atoms with Crippen molar-refractivity contribution in [3.8, 4) is 0 Å². The van der Waals surface area contributed by atoms with Crippen LogP contribution in [0.2, 0.25) is 0 Å². The highest BCUT2D eigenvalue weighted by molar-refractivity contribution is 5.86. The number of aromatic nitrogens is 9. The van der Waals surface area contributed by atoms with E-state index in [0.717, 1.165) is 113 Å². The number of carboxylic acid groups (broad SMARTS) is 1. The average Bonchev–Trinajstić information content (AvgIpc) is 4.01. The number of ether oxygens (including phenoxy) is 1. The minimum Gasteiger partial charge on any atom is -0.476 e. The third kappa shape index (κ3) is 8.67. The van der Waals surface area contributed by atoms with Gasteiger partial charge in [0.15, 0.2) is 11.4 Å². The summed E-state index contributed by atoms with van der Waals surface area (Å²) in [7, 11) is 1.33. The number of hydrogen-bond acceptors (Lipinski definition) is 14. The molecule has 5 aromatic rings. The molecular formula is C43H52N12O5. The molecule has 0 spiro atoms. The summed E-state index contributed by atoms with van der Waals surface area (Å²) in [6.07, 6.45) is 6.87. The van der Waals surface area contributed by atoms with E-state index in [1.807, 2.05) is 45.0 Å². The van der Waals surface area contributed by atoms with Gasteiger partial charge in [-0.2, -0.15) is 19.8 Å². The number of aliphatic hydroxyl groups excluding tert-OH is 1. The van der Waals surface area contributed by atoms with E-state index in [9.17, 15) is 9.59 Å². The fourth-order valence-corrected chi connectivity index (χ4v) is 8.86. The van der Waals surface area contributed by atoms with Crippen LogP contribution in [-0.4, -0.2) is 113 Å². The second-order valence-electron chi connectivity index (χ2n) is 17.2. The Labute approximate surface area is 348 Å². The van der Waals surface area contributed by atoms with Crippen LogP contribution in [0.5, 0.6) is 0 Å². The molecule has 0 aromatic carbocycles. The van der Waals surface area contributed by atoms with Crippen LogP contribution in [0.1, 0.15) is 74.0 Å². The topological polar surface area (TPSA) is 194 Å². The van der Waals surface area contributed by atoms with Gasteiger partial charge in [0.05, 0.1) is 39.2 Å². The number of anilines is 3. The van der Waals surface area contributed by atoms with Crippen LogP contribution in [0.3, 0.4) is 0 Å². The van der Waals surface area contributed by atoms with Crippen molar-refractivity contribution in [1.82, 2.24) is 44.9 Å². The number of fused-ring (bicyclic) bond motifs is 3. The van der Waals surface area contributed by atoms with Crippen LogP contribution in [0.4, 0.5) is 17.5 Å². The monoisotopic (exact) mass is 816 g/mol. The minimum absolute atomic E-state index is 0.0430. The molecule has 3 saturated heterocycles. The number of hydrogen-bond donors (Lipinski definition) is 2. The van der Waals surface area contributed by atoms with E-state index >= 15 is 0 Å². The Hall–Kier alpha value is -5.97. The first kappa shape index (κ1) is 39.5. The molecule has 3 aliphatic heterocycles. The van der Waals surface area contributed by atoms with Gasteiger partial charge >= 0.3 is 11.9 Å². The summed E-state index contributed by atoms with van der Waals surface area (Å²) in [5, 5.41) is 34.1. The molecule has 0 amide bonds. The van der Waals surface area contributed by atoms with Gasteiger partial charge in [0.25, 0.3) is 0 Å². The average molecular weight is 817 g/mol. The van der Waals surface area contributed by atoms with E-state index in [4.69, 9.17) is 15.2 Å². The van der Waals surface area contributed by atoms with Crippen molar-refractivity contribution in [3.63, 3.8) is 0 Å². The molecule has 8 heterocycles. The van der Waals surface area contributed by atoms with Gasteiger partial charge in [-0.05, 0) is 110 Å². The second-order valence-corrected chi connectivity index (χ2v) is 17.2. The summed E-state index contributed by atoms with van der Waals surface area (Å²) < 4.78 is 4.64. The predicted octanol–water partition coefficient (Wildman–Crippen LogP) is 3.80. The maximum absolute atomic E-state index is 11.4. The summed E-state index contributed by atoms with van der Waals surface area (Å²) in [6, 6.07) is 12.2. The fraction of sp³-hybridized carbons (Fsp3) is 0.512. The van der Waals surface area contributed by atoms with Crippen LogP contribution in [0.25, 0.3) is 0 Å². The molecule has 3 aliphatic carbocycles. The molecule has 6 unspecified atom stereocenters. The van der Waals surface area contributed by atoms with Crippen molar-refractivity contribution in [2.75, 3.05) is 61.1 Å². The lowest BCUT2D eigenvalue weighted by Gasteiger charge is -2.20. The Kier molecular flexibility index (Phi) is 10.7. The van der Waals surface area contributed by atoms with E-state index in [-0.39, 0.29) is 18.0 Å².